The number of carbonyl (C=O) groups is 1. The van der Waals surface area contributed by atoms with E-state index >= 15 is 0 Å². The van der Waals surface area contributed by atoms with Crippen LogP contribution in [-0.4, -0.2) is 20.4 Å². The van der Waals surface area contributed by atoms with Gasteiger partial charge in [-0.15, -0.1) is 0 Å². The van der Waals surface area contributed by atoms with Crippen LogP contribution in [0, 0.1) is 0 Å². The highest BCUT2D eigenvalue weighted by molar-refractivity contribution is 6.36. The number of nitrogens with zero attached hydrogens (tertiary/aromatic N) is 3. The van der Waals surface area contributed by atoms with Crippen molar-refractivity contribution in [1.82, 2.24) is 19.9 Å². The van der Waals surface area contributed by atoms with Gasteiger partial charge >= 0.3 is 0 Å². The van der Waals surface area contributed by atoms with Crippen LogP contribution in [0.1, 0.15) is 35.2 Å². The van der Waals surface area contributed by atoms with Crippen LogP contribution in [0.25, 0.3) is 11.2 Å². The Morgan fingerprint density at radius 1 is 1.20 bits per heavy atom. The number of hydrogen-bond donors (Lipinski definition) is 1. The standard InChI is InChI=1S/C18H16Cl2N4O/c1-24-10-22-15-11(6-9-21-16(15)24)17(25)23-18(7-3-8-18)14-12(19)4-2-5-13(14)20/h2,4-6,9-10H,3,7-8H2,1H3,(H,23,25). The van der Waals surface area contributed by atoms with Gasteiger partial charge in [0.2, 0.25) is 0 Å². The molecule has 0 bridgehead atoms. The summed E-state index contributed by atoms with van der Waals surface area (Å²) >= 11 is 12.8. The van der Waals surface area contributed by atoms with Crippen LogP contribution in [0.3, 0.4) is 0 Å². The number of imidazole rings is 1. The second-order valence-corrected chi connectivity index (χ2v) is 7.19. The fourth-order valence-corrected chi connectivity index (χ4v) is 4.18. The minimum absolute atomic E-state index is 0.193. The third-order valence-electron chi connectivity index (χ3n) is 4.84. The summed E-state index contributed by atoms with van der Waals surface area (Å²) in [6.07, 6.45) is 5.89. The first kappa shape index (κ1) is 16.4. The molecule has 2 heterocycles. The number of benzene rings is 1. The second-order valence-electron chi connectivity index (χ2n) is 6.37. The molecule has 0 atom stereocenters. The van der Waals surface area contributed by atoms with Gasteiger partial charge in [0, 0.05) is 28.9 Å². The van der Waals surface area contributed by atoms with Gasteiger partial charge in [-0.05, 0) is 37.5 Å². The maximum Gasteiger partial charge on any atom is 0.254 e. The maximum atomic E-state index is 13.0. The zero-order valence-corrected chi connectivity index (χ0v) is 15.1. The minimum atomic E-state index is -0.531. The van der Waals surface area contributed by atoms with E-state index in [4.69, 9.17) is 23.2 Å². The van der Waals surface area contributed by atoms with Crippen molar-refractivity contribution in [3.8, 4) is 0 Å². The van der Waals surface area contributed by atoms with E-state index in [0.29, 0.717) is 26.8 Å². The summed E-state index contributed by atoms with van der Waals surface area (Å²) in [5, 5.41) is 4.31. The molecule has 1 saturated carbocycles. The number of fused-ring (bicyclic) bond motifs is 1. The molecule has 7 heteroatoms. The van der Waals surface area contributed by atoms with E-state index in [2.05, 4.69) is 15.3 Å². The molecule has 128 valence electrons. The zero-order chi connectivity index (χ0) is 17.6. The lowest BCUT2D eigenvalue weighted by Crippen LogP contribution is -2.51. The lowest BCUT2D eigenvalue weighted by atomic mass is 9.71. The van der Waals surface area contributed by atoms with Crippen LogP contribution in [0.4, 0.5) is 0 Å². The van der Waals surface area contributed by atoms with E-state index in [1.807, 2.05) is 13.1 Å². The van der Waals surface area contributed by atoms with Gasteiger partial charge in [-0.25, -0.2) is 9.97 Å². The van der Waals surface area contributed by atoms with E-state index in [-0.39, 0.29) is 5.91 Å². The quantitative estimate of drug-likeness (QED) is 0.750. The molecule has 2 aromatic heterocycles. The monoisotopic (exact) mass is 374 g/mol. The fraction of sp³-hybridized carbons (Fsp3) is 0.278. The molecule has 1 aliphatic rings. The highest BCUT2D eigenvalue weighted by atomic mass is 35.5. The third kappa shape index (κ3) is 2.58. The summed E-state index contributed by atoms with van der Waals surface area (Å²) in [5.41, 5.74) is 2.02. The molecule has 3 aromatic rings. The molecular formula is C18H16Cl2N4O. The predicted octanol–water partition coefficient (Wildman–Crippen LogP) is 4.08. The van der Waals surface area contributed by atoms with E-state index in [1.165, 1.54) is 0 Å². The Morgan fingerprint density at radius 3 is 2.56 bits per heavy atom. The number of amides is 1. The summed E-state index contributed by atoms with van der Waals surface area (Å²) in [5.74, 6) is -0.193. The van der Waals surface area contributed by atoms with Crippen molar-refractivity contribution in [2.75, 3.05) is 0 Å². The van der Waals surface area contributed by atoms with E-state index in [1.54, 1.807) is 35.3 Å². The molecule has 5 nitrogen and oxygen atoms in total. The summed E-state index contributed by atoms with van der Waals surface area (Å²) in [4.78, 5) is 21.6. The fourth-order valence-electron chi connectivity index (χ4n) is 3.42. The van der Waals surface area contributed by atoms with Crippen molar-refractivity contribution in [3.05, 3.63) is 58.0 Å². The van der Waals surface area contributed by atoms with Crippen LogP contribution in [0.5, 0.6) is 0 Å². The van der Waals surface area contributed by atoms with Crippen molar-refractivity contribution < 1.29 is 4.79 Å². The van der Waals surface area contributed by atoms with Gasteiger partial charge in [0.1, 0.15) is 5.52 Å². The molecule has 1 aromatic carbocycles. The second kappa shape index (κ2) is 6.00. The van der Waals surface area contributed by atoms with E-state index < -0.39 is 5.54 Å². The average Bonchev–Trinajstić information content (AvgIpc) is 2.93. The Morgan fingerprint density at radius 2 is 1.92 bits per heavy atom. The Bertz CT molecular complexity index is 958. The number of rotatable bonds is 3. The summed E-state index contributed by atoms with van der Waals surface area (Å²) in [7, 11) is 1.85. The van der Waals surface area contributed by atoms with E-state index in [9.17, 15) is 4.79 Å². The number of halogens is 2. The Kier molecular flexibility index (Phi) is 3.93. The van der Waals surface area contributed by atoms with Gasteiger partial charge < -0.3 is 9.88 Å². The highest BCUT2D eigenvalue weighted by Crippen LogP contribution is 2.47. The van der Waals surface area contributed by atoms with Gasteiger partial charge in [-0.3, -0.25) is 4.79 Å². The molecule has 1 N–H and O–H groups in total. The first-order valence-corrected chi connectivity index (χ1v) is 8.80. The van der Waals surface area contributed by atoms with Crippen LogP contribution >= 0.6 is 23.2 Å². The van der Waals surface area contributed by atoms with E-state index in [0.717, 1.165) is 24.8 Å². The Labute approximate surface area is 155 Å². The number of hydrogen-bond acceptors (Lipinski definition) is 3. The lowest BCUT2D eigenvalue weighted by molar-refractivity contribution is 0.0825. The smallest absolute Gasteiger partial charge is 0.254 e. The molecular weight excluding hydrogens is 359 g/mol. The third-order valence-corrected chi connectivity index (χ3v) is 5.47. The molecule has 4 rings (SSSR count). The van der Waals surface area contributed by atoms with Gasteiger partial charge in [-0.1, -0.05) is 29.3 Å². The molecule has 0 spiro atoms. The summed E-state index contributed by atoms with van der Waals surface area (Å²) < 4.78 is 1.79. The Hall–Kier alpha value is -2.11. The number of pyridine rings is 1. The van der Waals surface area contributed by atoms with Gasteiger partial charge in [-0.2, -0.15) is 0 Å². The van der Waals surface area contributed by atoms with Crippen molar-refractivity contribution in [2.45, 2.75) is 24.8 Å². The Balaban J connectivity index is 1.74. The maximum absolute atomic E-state index is 13.0. The zero-order valence-electron chi connectivity index (χ0n) is 13.6. The average molecular weight is 375 g/mol. The molecule has 1 aliphatic carbocycles. The number of aryl methyl sites for hydroxylation is 1. The van der Waals surface area contributed by atoms with Gasteiger partial charge in [0.15, 0.2) is 5.65 Å². The van der Waals surface area contributed by atoms with Crippen LogP contribution in [0.2, 0.25) is 10.0 Å². The molecule has 0 radical (unpaired) electrons. The van der Waals surface area contributed by atoms with Crippen molar-refractivity contribution >= 4 is 40.3 Å². The van der Waals surface area contributed by atoms with Gasteiger partial charge in [0.25, 0.3) is 5.91 Å². The van der Waals surface area contributed by atoms with Crippen molar-refractivity contribution in [1.29, 1.82) is 0 Å². The topological polar surface area (TPSA) is 59.8 Å². The predicted molar refractivity (Wildman–Crippen MR) is 98.0 cm³/mol. The molecule has 1 amide bonds. The molecule has 0 unspecified atom stereocenters. The van der Waals surface area contributed by atoms with Crippen LogP contribution < -0.4 is 5.32 Å². The number of carbonyl (C=O) groups excluding carboxylic acids is 1. The highest BCUT2D eigenvalue weighted by Gasteiger charge is 2.43. The lowest BCUT2D eigenvalue weighted by Gasteiger charge is -2.44. The molecule has 0 aliphatic heterocycles. The first-order valence-electron chi connectivity index (χ1n) is 8.05. The van der Waals surface area contributed by atoms with Crippen LogP contribution in [0.15, 0.2) is 36.8 Å². The molecule has 0 saturated heterocycles. The normalized spacial score (nSPS) is 15.8. The van der Waals surface area contributed by atoms with Crippen molar-refractivity contribution in [3.63, 3.8) is 0 Å². The summed E-state index contributed by atoms with van der Waals surface area (Å²) in [6, 6.07) is 7.10. The SMILES string of the molecule is Cn1cnc2c(C(=O)NC3(c4c(Cl)cccc4Cl)CCC3)ccnc21. The van der Waals surface area contributed by atoms with Crippen molar-refractivity contribution in [2.24, 2.45) is 7.05 Å². The van der Waals surface area contributed by atoms with Crippen LogP contribution in [-0.2, 0) is 12.6 Å². The number of aromatic nitrogens is 3. The van der Waals surface area contributed by atoms with Gasteiger partial charge in [0.05, 0.1) is 17.4 Å². The molecule has 25 heavy (non-hydrogen) atoms. The summed E-state index contributed by atoms with van der Waals surface area (Å²) in [6.45, 7) is 0. The largest absolute Gasteiger partial charge is 0.342 e. The number of nitrogens with one attached hydrogen (secondary N) is 1. The first-order chi connectivity index (χ1) is 12.0. The minimum Gasteiger partial charge on any atom is -0.342 e. The molecule has 1 fully saturated rings.